The van der Waals surface area contributed by atoms with E-state index in [1.807, 2.05) is 0 Å². The summed E-state index contributed by atoms with van der Waals surface area (Å²) in [5.41, 5.74) is -0.123. The van der Waals surface area contributed by atoms with Crippen molar-refractivity contribution in [2.75, 3.05) is 40.0 Å². The topological polar surface area (TPSA) is 44.7 Å². The van der Waals surface area contributed by atoms with Crippen LogP contribution in [-0.2, 0) is 4.74 Å². The van der Waals surface area contributed by atoms with Gasteiger partial charge >= 0.3 is 0 Å². The van der Waals surface area contributed by atoms with Crippen LogP contribution < -0.4 is 5.32 Å². The maximum atomic E-state index is 9.40. The summed E-state index contributed by atoms with van der Waals surface area (Å²) in [6.45, 7) is 8.14. The summed E-state index contributed by atoms with van der Waals surface area (Å²) in [6, 6.07) is 0.592. The molecule has 102 valence electrons. The number of aliphatic hydroxyl groups excluding tert-OH is 1. The summed E-state index contributed by atoms with van der Waals surface area (Å²) < 4.78 is 5.39. The second-order valence-corrected chi connectivity index (χ2v) is 5.35. The molecule has 0 aromatic heterocycles. The molecule has 2 atom stereocenters. The highest BCUT2D eigenvalue weighted by Gasteiger charge is 2.23. The van der Waals surface area contributed by atoms with E-state index in [2.05, 4.69) is 31.1 Å². The average molecular weight is 244 g/mol. The number of nitrogens with zero attached hydrogens (tertiary/aromatic N) is 1. The van der Waals surface area contributed by atoms with Crippen molar-refractivity contribution < 1.29 is 9.84 Å². The Kier molecular flexibility index (Phi) is 6.41. The SMILES string of the molecule is CCNC(C)(CO)CCCN(C)C1CCOC1. The predicted octanol–water partition coefficient (Wildman–Crippen LogP) is 0.848. The van der Waals surface area contributed by atoms with Gasteiger partial charge in [-0.2, -0.15) is 0 Å². The molecule has 17 heavy (non-hydrogen) atoms. The van der Waals surface area contributed by atoms with E-state index in [-0.39, 0.29) is 12.1 Å². The van der Waals surface area contributed by atoms with Crippen molar-refractivity contribution in [3.05, 3.63) is 0 Å². The van der Waals surface area contributed by atoms with Gasteiger partial charge in [-0.25, -0.2) is 0 Å². The van der Waals surface area contributed by atoms with Crippen LogP contribution in [0.15, 0.2) is 0 Å². The van der Waals surface area contributed by atoms with Crippen molar-refractivity contribution in [1.29, 1.82) is 0 Å². The Morgan fingerprint density at radius 3 is 2.82 bits per heavy atom. The first-order chi connectivity index (χ1) is 8.11. The molecular formula is C13H28N2O2. The van der Waals surface area contributed by atoms with Gasteiger partial charge in [0.2, 0.25) is 0 Å². The molecule has 1 saturated heterocycles. The van der Waals surface area contributed by atoms with Crippen molar-refractivity contribution in [2.24, 2.45) is 0 Å². The second-order valence-electron chi connectivity index (χ2n) is 5.35. The zero-order chi connectivity index (χ0) is 12.7. The molecule has 0 aromatic carbocycles. The number of likely N-dealkylation sites (N-methyl/N-ethyl adjacent to an activating group) is 2. The minimum atomic E-state index is -0.123. The van der Waals surface area contributed by atoms with Crippen LogP contribution in [0.3, 0.4) is 0 Å². The van der Waals surface area contributed by atoms with Crippen molar-refractivity contribution in [3.63, 3.8) is 0 Å². The molecule has 0 amide bonds. The van der Waals surface area contributed by atoms with Crippen LogP contribution in [-0.4, -0.2) is 61.5 Å². The third-order valence-electron chi connectivity index (χ3n) is 3.72. The van der Waals surface area contributed by atoms with E-state index in [9.17, 15) is 5.11 Å². The van der Waals surface area contributed by atoms with Gasteiger partial charge in [0.15, 0.2) is 0 Å². The van der Waals surface area contributed by atoms with Gasteiger partial charge in [-0.05, 0) is 46.3 Å². The van der Waals surface area contributed by atoms with Gasteiger partial charge in [-0.1, -0.05) is 6.92 Å². The van der Waals surface area contributed by atoms with Crippen LogP contribution in [0.1, 0.15) is 33.1 Å². The Bertz CT molecular complexity index is 208. The maximum absolute atomic E-state index is 9.40. The Balaban J connectivity index is 2.20. The van der Waals surface area contributed by atoms with E-state index in [1.54, 1.807) is 0 Å². The van der Waals surface area contributed by atoms with E-state index >= 15 is 0 Å². The highest BCUT2D eigenvalue weighted by Crippen LogP contribution is 2.15. The lowest BCUT2D eigenvalue weighted by atomic mass is 9.96. The van der Waals surface area contributed by atoms with Crippen LogP contribution in [0.5, 0.6) is 0 Å². The predicted molar refractivity (Wildman–Crippen MR) is 70.3 cm³/mol. The summed E-state index contributed by atoms with van der Waals surface area (Å²) >= 11 is 0. The number of aliphatic hydroxyl groups is 1. The highest BCUT2D eigenvalue weighted by molar-refractivity contribution is 4.82. The summed E-state index contributed by atoms with van der Waals surface area (Å²) in [6.07, 6.45) is 3.27. The first-order valence-electron chi connectivity index (χ1n) is 6.75. The number of rotatable bonds is 8. The molecule has 1 heterocycles. The second kappa shape index (κ2) is 7.31. The lowest BCUT2D eigenvalue weighted by molar-refractivity contribution is 0.143. The zero-order valence-electron chi connectivity index (χ0n) is 11.5. The fourth-order valence-electron chi connectivity index (χ4n) is 2.42. The quantitative estimate of drug-likeness (QED) is 0.664. The Labute approximate surface area is 105 Å². The fourth-order valence-corrected chi connectivity index (χ4v) is 2.42. The highest BCUT2D eigenvalue weighted by atomic mass is 16.5. The van der Waals surface area contributed by atoms with E-state index in [0.29, 0.717) is 6.04 Å². The summed E-state index contributed by atoms with van der Waals surface area (Å²) in [7, 11) is 2.17. The van der Waals surface area contributed by atoms with Gasteiger partial charge in [0.25, 0.3) is 0 Å². The molecule has 1 rings (SSSR count). The molecule has 1 fully saturated rings. The van der Waals surface area contributed by atoms with E-state index in [0.717, 1.165) is 45.6 Å². The molecule has 0 aromatic rings. The summed E-state index contributed by atoms with van der Waals surface area (Å²) in [5, 5.41) is 12.8. The standard InChI is InChI=1S/C13H28N2O2/c1-4-14-13(2,11-16)7-5-8-15(3)12-6-9-17-10-12/h12,14,16H,4-11H2,1-3H3. The van der Waals surface area contributed by atoms with Crippen molar-refractivity contribution >= 4 is 0 Å². The number of nitrogens with one attached hydrogen (secondary N) is 1. The first-order valence-corrected chi connectivity index (χ1v) is 6.75. The van der Waals surface area contributed by atoms with Gasteiger partial charge < -0.3 is 20.1 Å². The molecule has 0 bridgehead atoms. The van der Waals surface area contributed by atoms with Gasteiger partial charge in [-0.15, -0.1) is 0 Å². The molecule has 4 heteroatoms. The summed E-state index contributed by atoms with van der Waals surface area (Å²) in [5.74, 6) is 0. The minimum absolute atomic E-state index is 0.123. The molecule has 0 saturated carbocycles. The molecule has 2 unspecified atom stereocenters. The van der Waals surface area contributed by atoms with Crippen LogP contribution in [0, 0.1) is 0 Å². The van der Waals surface area contributed by atoms with Crippen LogP contribution >= 0.6 is 0 Å². The number of ether oxygens (including phenoxy) is 1. The van der Waals surface area contributed by atoms with Crippen molar-refractivity contribution in [3.8, 4) is 0 Å². The smallest absolute Gasteiger partial charge is 0.0622 e. The molecule has 1 aliphatic heterocycles. The normalized spacial score (nSPS) is 24.2. The molecule has 0 aliphatic carbocycles. The van der Waals surface area contributed by atoms with Crippen LogP contribution in [0.25, 0.3) is 0 Å². The van der Waals surface area contributed by atoms with E-state index in [4.69, 9.17) is 4.74 Å². The third kappa shape index (κ3) is 4.92. The molecule has 2 N–H and O–H groups in total. The van der Waals surface area contributed by atoms with E-state index < -0.39 is 0 Å². The fraction of sp³-hybridized carbons (Fsp3) is 1.00. The van der Waals surface area contributed by atoms with Gasteiger partial charge in [0, 0.05) is 18.2 Å². The van der Waals surface area contributed by atoms with Gasteiger partial charge in [0.1, 0.15) is 0 Å². The average Bonchev–Trinajstić information content (AvgIpc) is 2.83. The molecule has 1 aliphatic rings. The minimum Gasteiger partial charge on any atom is -0.394 e. The Hall–Kier alpha value is -0.160. The lowest BCUT2D eigenvalue weighted by Gasteiger charge is -2.30. The monoisotopic (exact) mass is 244 g/mol. The number of hydrogen-bond donors (Lipinski definition) is 2. The first kappa shape index (κ1) is 14.9. The van der Waals surface area contributed by atoms with Gasteiger partial charge in [0.05, 0.1) is 13.2 Å². The lowest BCUT2D eigenvalue weighted by Crippen LogP contribution is -2.46. The van der Waals surface area contributed by atoms with Crippen LogP contribution in [0.2, 0.25) is 0 Å². The molecule has 0 spiro atoms. The zero-order valence-corrected chi connectivity index (χ0v) is 11.5. The Morgan fingerprint density at radius 1 is 1.53 bits per heavy atom. The van der Waals surface area contributed by atoms with Crippen molar-refractivity contribution in [2.45, 2.75) is 44.7 Å². The third-order valence-corrected chi connectivity index (χ3v) is 3.72. The van der Waals surface area contributed by atoms with E-state index in [1.165, 1.54) is 0 Å². The largest absolute Gasteiger partial charge is 0.394 e. The molecule has 4 nitrogen and oxygen atoms in total. The molecule has 0 radical (unpaired) electrons. The maximum Gasteiger partial charge on any atom is 0.0622 e. The number of hydrogen-bond acceptors (Lipinski definition) is 4. The van der Waals surface area contributed by atoms with Crippen molar-refractivity contribution in [1.82, 2.24) is 10.2 Å². The molecular weight excluding hydrogens is 216 g/mol. The Morgan fingerprint density at radius 2 is 2.29 bits per heavy atom. The van der Waals surface area contributed by atoms with Crippen LogP contribution in [0.4, 0.5) is 0 Å². The van der Waals surface area contributed by atoms with Gasteiger partial charge in [-0.3, -0.25) is 0 Å². The summed E-state index contributed by atoms with van der Waals surface area (Å²) in [4.78, 5) is 2.39.